The smallest absolute Gasteiger partial charge is 0.251 e. The van der Waals surface area contributed by atoms with Gasteiger partial charge in [-0.2, -0.15) is 5.10 Å². The molecule has 0 bridgehead atoms. The fourth-order valence-electron chi connectivity index (χ4n) is 2.95. The van der Waals surface area contributed by atoms with Gasteiger partial charge in [-0.3, -0.25) is 9.48 Å². The van der Waals surface area contributed by atoms with Crippen molar-refractivity contribution in [3.05, 3.63) is 59.3 Å². The molecule has 0 aliphatic heterocycles. The summed E-state index contributed by atoms with van der Waals surface area (Å²) in [4.78, 5) is 20.2. The number of aromatic nitrogens is 4. The molecule has 3 rings (SSSR count). The Labute approximate surface area is 147 Å². The Morgan fingerprint density at radius 2 is 2.00 bits per heavy atom. The van der Waals surface area contributed by atoms with Crippen LogP contribution >= 0.6 is 0 Å². The number of carbonyl (C=O) groups is 1. The number of nitrogens with one attached hydrogen (secondary N) is 2. The third kappa shape index (κ3) is 3.63. The van der Waals surface area contributed by atoms with Gasteiger partial charge in [0.15, 0.2) is 0 Å². The number of benzene rings is 1. The molecule has 6 heteroatoms. The first-order valence-electron chi connectivity index (χ1n) is 8.41. The number of hydrogen-bond donors (Lipinski definition) is 2. The highest BCUT2D eigenvalue weighted by atomic mass is 16.1. The topological polar surface area (TPSA) is 75.6 Å². The molecular formula is C19H23N5O. The van der Waals surface area contributed by atoms with Crippen LogP contribution in [0, 0.1) is 13.8 Å². The zero-order chi connectivity index (χ0) is 18.0. The Balaban J connectivity index is 1.75. The van der Waals surface area contributed by atoms with Crippen LogP contribution in [0.4, 0.5) is 0 Å². The fourth-order valence-corrected chi connectivity index (χ4v) is 2.95. The molecule has 0 fully saturated rings. The minimum Gasteiger partial charge on any atom is -0.346 e. The number of aryl methyl sites for hydroxylation is 3. The van der Waals surface area contributed by atoms with Crippen molar-refractivity contribution in [2.24, 2.45) is 7.05 Å². The van der Waals surface area contributed by atoms with Gasteiger partial charge >= 0.3 is 0 Å². The molecule has 1 aromatic carbocycles. The van der Waals surface area contributed by atoms with E-state index < -0.39 is 0 Å². The summed E-state index contributed by atoms with van der Waals surface area (Å²) < 4.78 is 1.74. The first-order chi connectivity index (χ1) is 12.0. The van der Waals surface area contributed by atoms with Gasteiger partial charge in [-0.25, -0.2) is 4.98 Å². The van der Waals surface area contributed by atoms with E-state index in [0.717, 1.165) is 34.8 Å². The number of aromatic amines is 1. The minimum absolute atomic E-state index is 0.0443. The quantitative estimate of drug-likeness (QED) is 0.750. The number of amides is 1. The molecule has 0 saturated heterocycles. The van der Waals surface area contributed by atoms with E-state index in [2.05, 4.69) is 20.4 Å². The largest absolute Gasteiger partial charge is 0.346 e. The van der Waals surface area contributed by atoms with Crippen LogP contribution in [-0.2, 0) is 7.05 Å². The SMILES string of the molecule is CC[C@H](NC(=O)c1ccc(-c2nc(C)[nH]c2C)cc1)c1cnn(C)c1. The van der Waals surface area contributed by atoms with Gasteiger partial charge in [0.1, 0.15) is 5.82 Å². The molecule has 25 heavy (non-hydrogen) atoms. The summed E-state index contributed by atoms with van der Waals surface area (Å²) in [5, 5.41) is 7.25. The van der Waals surface area contributed by atoms with Gasteiger partial charge < -0.3 is 10.3 Å². The van der Waals surface area contributed by atoms with Crippen molar-refractivity contribution in [2.45, 2.75) is 33.2 Å². The van der Waals surface area contributed by atoms with Crippen molar-refractivity contribution >= 4 is 5.91 Å². The van der Waals surface area contributed by atoms with Gasteiger partial charge in [0.2, 0.25) is 0 Å². The molecule has 2 heterocycles. The van der Waals surface area contributed by atoms with Gasteiger partial charge in [0, 0.05) is 35.6 Å². The molecule has 130 valence electrons. The molecule has 1 atom stereocenters. The summed E-state index contributed by atoms with van der Waals surface area (Å²) in [6, 6.07) is 7.50. The lowest BCUT2D eigenvalue weighted by atomic mass is 10.1. The Morgan fingerprint density at radius 3 is 2.52 bits per heavy atom. The number of H-pyrrole nitrogens is 1. The Kier molecular flexibility index (Phi) is 4.70. The number of imidazole rings is 1. The van der Waals surface area contributed by atoms with E-state index in [9.17, 15) is 4.79 Å². The molecule has 3 aromatic rings. The molecule has 0 saturated carbocycles. The first kappa shape index (κ1) is 17.0. The lowest BCUT2D eigenvalue weighted by molar-refractivity contribution is 0.0935. The van der Waals surface area contributed by atoms with Gasteiger partial charge in [0.05, 0.1) is 17.9 Å². The van der Waals surface area contributed by atoms with Gasteiger partial charge in [-0.05, 0) is 32.4 Å². The number of nitrogens with zero attached hydrogens (tertiary/aromatic N) is 3. The van der Waals surface area contributed by atoms with E-state index in [1.54, 1.807) is 10.9 Å². The molecule has 0 unspecified atom stereocenters. The zero-order valence-electron chi connectivity index (χ0n) is 15.0. The molecule has 0 aliphatic rings. The predicted octanol–water partition coefficient (Wildman–Crippen LogP) is 3.31. The minimum atomic E-state index is -0.0859. The van der Waals surface area contributed by atoms with Crippen LogP contribution in [0.1, 0.15) is 46.8 Å². The lowest BCUT2D eigenvalue weighted by Gasteiger charge is -2.15. The molecule has 0 spiro atoms. The van der Waals surface area contributed by atoms with E-state index >= 15 is 0 Å². The highest BCUT2D eigenvalue weighted by Crippen LogP contribution is 2.22. The molecule has 1 amide bonds. The molecular weight excluding hydrogens is 314 g/mol. The third-order valence-corrected chi connectivity index (χ3v) is 4.26. The van der Waals surface area contributed by atoms with Gasteiger partial charge in [0.25, 0.3) is 5.91 Å². The molecule has 2 N–H and O–H groups in total. The van der Waals surface area contributed by atoms with Crippen molar-refractivity contribution in [1.29, 1.82) is 0 Å². The normalized spacial score (nSPS) is 12.2. The summed E-state index contributed by atoms with van der Waals surface area (Å²) >= 11 is 0. The van der Waals surface area contributed by atoms with Crippen molar-refractivity contribution in [3.63, 3.8) is 0 Å². The summed E-state index contributed by atoms with van der Waals surface area (Å²) in [5.74, 6) is 0.800. The van der Waals surface area contributed by atoms with Crippen molar-refractivity contribution < 1.29 is 4.79 Å². The van der Waals surface area contributed by atoms with Crippen LogP contribution in [0.15, 0.2) is 36.7 Å². The Bertz CT molecular complexity index is 876. The Hall–Kier alpha value is -2.89. The summed E-state index contributed by atoms with van der Waals surface area (Å²) in [7, 11) is 1.87. The van der Waals surface area contributed by atoms with E-state index in [4.69, 9.17) is 0 Å². The first-order valence-corrected chi connectivity index (χ1v) is 8.41. The maximum absolute atomic E-state index is 12.6. The zero-order valence-corrected chi connectivity index (χ0v) is 15.0. The maximum Gasteiger partial charge on any atom is 0.251 e. The van der Waals surface area contributed by atoms with Crippen LogP contribution in [0.3, 0.4) is 0 Å². The van der Waals surface area contributed by atoms with Crippen LogP contribution in [-0.4, -0.2) is 25.7 Å². The van der Waals surface area contributed by atoms with E-state index in [1.807, 2.05) is 58.3 Å². The average Bonchev–Trinajstić information content (AvgIpc) is 3.17. The molecule has 6 nitrogen and oxygen atoms in total. The van der Waals surface area contributed by atoms with Gasteiger partial charge in [-0.15, -0.1) is 0 Å². The van der Waals surface area contributed by atoms with Crippen LogP contribution in [0.25, 0.3) is 11.3 Å². The van der Waals surface area contributed by atoms with Crippen molar-refractivity contribution in [1.82, 2.24) is 25.1 Å². The Morgan fingerprint density at radius 1 is 1.28 bits per heavy atom. The number of rotatable bonds is 5. The third-order valence-electron chi connectivity index (χ3n) is 4.26. The monoisotopic (exact) mass is 337 g/mol. The second-order valence-corrected chi connectivity index (χ2v) is 6.25. The highest BCUT2D eigenvalue weighted by Gasteiger charge is 2.16. The fraction of sp³-hybridized carbons (Fsp3) is 0.316. The maximum atomic E-state index is 12.6. The van der Waals surface area contributed by atoms with E-state index in [0.29, 0.717) is 5.56 Å². The summed E-state index contributed by atoms with van der Waals surface area (Å²) in [6.07, 6.45) is 4.53. The van der Waals surface area contributed by atoms with E-state index in [1.165, 1.54) is 0 Å². The lowest BCUT2D eigenvalue weighted by Crippen LogP contribution is -2.27. The van der Waals surface area contributed by atoms with Gasteiger partial charge in [-0.1, -0.05) is 19.1 Å². The second kappa shape index (κ2) is 6.93. The average molecular weight is 337 g/mol. The molecule has 0 radical (unpaired) electrons. The molecule has 0 aliphatic carbocycles. The molecule has 2 aromatic heterocycles. The van der Waals surface area contributed by atoms with E-state index in [-0.39, 0.29) is 11.9 Å². The second-order valence-electron chi connectivity index (χ2n) is 6.25. The van der Waals surface area contributed by atoms with Crippen LogP contribution in [0.2, 0.25) is 0 Å². The standard InChI is InChI=1S/C19H23N5O/c1-5-17(16-10-20-24(4)11-16)23-19(25)15-8-6-14(7-9-15)18-12(2)21-13(3)22-18/h6-11,17H,5H2,1-4H3,(H,21,22)(H,23,25)/t17-/m0/s1. The summed E-state index contributed by atoms with van der Waals surface area (Å²) in [5.41, 5.74) is 4.59. The van der Waals surface area contributed by atoms with Crippen molar-refractivity contribution in [3.8, 4) is 11.3 Å². The highest BCUT2D eigenvalue weighted by molar-refractivity contribution is 5.94. The van der Waals surface area contributed by atoms with Crippen LogP contribution < -0.4 is 5.32 Å². The summed E-state index contributed by atoms with van der Waals surface area (Å²) in [6.45, 7) is 5.97. The van der Waals surface area contributed by atoms with Crippen LogP contribution in [0.5, 0.6) is 0 Å². The number of carbonyl (C=O) groups excluding carboxylic acids is 1. The van der Waals surface area contributed by atoms with Crippen molar-refractivity contribution in [2.75, 3.05) is 0 Å². The predicted molar refractivity (Wildman–Crippen MR) is 97.2 cm³/mol. The number of hydrogen-bond acceptors (Lipinski definition) is 3.